The van der Waals surface area contributed by atoms with Crippen molar-refractivity contribution in [2.75, 3.05) is 46.4 Å². The largest absolute Gasteiger partial charge is 0.374 e. The van der Waals surface area contributed by atoms with E-state index < -0.39 is 0 Å². The quantitative estimate of drug-likeness (QED) is 0.251. The normalized spacial score (nSPS) is 18.7. The van der Waals surface area contributed by atoms with Crippen LogP contribution in [0.4, 0.5) is 0 Å². The van der Waals surface area contributed by atoms with Crippen LogP contribution < -0.4 is 10.6 Å². The summed E-state index contributed by atoms with van der Waals surface area (Å²) in [5.41, 5.74) is 1.12. The first kappa shape index (κ1) is 23.6. The van der Waals surface area contributed by atoms with Crippen LogP contribution >= 0.6 is 35.3 Å². The Morgan fingerprint density at radius 3 is 2.92 bits per heavy atom. The standard InChI is InChI=1S/C18H33N5OS.HI/c1-14(2)11-23-8-9-24-16(12-23)10-21-18(19-4)20-7-5-6-17-22-15(3)13-25-17;/h13-14,16H,5-12H2,1-4H3,(H2,19,20,21);1H. The highest BCUT2D eigenvalue weighted by molar-refractivity contribution is 14.0. The zero-order valence-electron chi connectivity index (χ0n) is 16.5. The fraction of sp³-hybridized carbons (Fsp3) is 0.778. The summed E-state index contributed by atoms with van der Waals surface area (Å²) in [6.45, 7) is 12.2. The van der Waals surface area contributed by atoms with Gasteiger partial charge >= 0.3 is 0 Å². The van der Waals surface area contributed by atoms with Crippen LogP contribution in [0.2, 0.25) is 0 Å². The van der Waals surface area contributed by atoms with Crippen LogP contribution in [0.5, 0.6) is 0 Å². The third-order valence-corrected chi connectivity index (χ3v) is 5.12. The minimum atomic E-state index is 0. The smallest absolute Gasteiger partial charge is 0.191 e. The highest BCUT2D eigenvalue weighted by atomic mass is 127. The van der Waals surface area contributed by atoms with Crippen molar-refractivity contribution in [3.8, 4) is 0 Å². The lowest BCUT2D eigenvalue weighted by atomic mass is 10.2. The molecule has 0 amide bonds. The van der Waals surface area contributed by atoms with Crippen molar-refractivity contribution in [3.05, 3.63) is 16.1 Å². The fourth-order valence-corrected chi connectivity index (χ4v) is 3.80. The molecule has 1 atom stereocenters. The predicted octanol–water partition coefficient (Wildman–Crippen LogP) is 2.52. The molecule has 1 fully saturated rings. The van der Waals surface area contributed by atoms with Gasteiger partial charge in [0, 0.05) is 57.3 Å². The molecule has 1 aromatic heterocycles. The molecule has 8 heteroatoms. The number of halogens is 1. The van der Waals surface area contributed by atoms with Crippen LogP contribution in [0.1, 0.15) is 31.0 Å². The van der Waals surface area contributed by atoms with E-state index in [1.165, 1.54) is 5.01 Å². The van der Waals surface area contributed by atoms with Gasteiger partial charge in [0.2, 0.25) is 0 Å². The minimum Gasteiger partial charge on any atom is -0.374 e. The predicted molar refractivity (Wildman–Crippen MR) is 121 cm³/mol. The van der Waals surface area contributed by atoms with Gasteiger partial charge in [-0.15, -0.1) is 35.3 Å². The number of rotatable bonds is 8. The molecule has 0 aromatic carbocycles. The molecule has 0 aliphatic carbocycles. The fourth-order valence-electron chi connectivity index (χ4n) is 2.98. The maximum absolute atomic E-state index is 5.88. The van der Waals surface area contributed by atoms with Crippen molar-refractivity contribution in [1.82, 2.24) is 20.5 Å². The van der Waals surface area contributed by atoms with Crippen LogP contribution in [0.3, 0.4) is 0 Å². The van der Waals surface area contributed by atoms with E-state index in [1.807, 2.05) is 14.0 Å². The van der Waals surface area contributed by atoms with Gasteiger partial charge in [-0.3, -0.25) is 9.89 Å². The lowest BCUT2D eigenvalue weighted by molar-refractivity contribution is -0.0284. The Kier molecular flexibility index (Phi) is 11.7. The number of guanidine groups is 1. The number of aliphatic imine (C=N–C) groups is 1. The van der Waals surface area contributed by atoms with Gasteiger partial charge < -0.3 is 15.4 Å². The molecule has 0 bridgehead atoms. The average Bonchev–Trinajstić information content (AvgIpc) is 2.99. The van der Waals surface area contributed by atoms with Crippen LogP contribution in [-0.4, -0.2) is 68.3 Å². The van der Waals surface area contributed by atoms with E-state index in [-0.39, 0.29) is 30.1 Å². The number of ether oxygens (including phenoxy) is 1. The number of hydrogen-bond donors (Lipinski definition) is 2. The molecule has 150 valence electrons. The molecular formula is C18H34IN5OS. The second-order valence-electron chi connectivity index (χ2n) is 7.01. The Balaban J connectivity index is 0.00000338. The Morgan fingerprint density at radius 2 is 2.27 bits per heavy atom. The van der Waals surface area contributed by atoms with Gasteiger partial charge in [0.25, 0.3) is 0 Å². The summed E-state index contributed by atoms with van der Waals surface area (Å²) in [6, 6.07) is 0. The number of nitrogens with zero attached hydrogens (tertiary/aromatic N) is 3. The van der Waals surface area contributed by atoms with Crippen molar-refractivity contribution in [2.45, 2.75) is 39.7 Å². The van der Waals surface area contributed by atoms with E-state index in [2.05, 4.69) is 44.7 Å². The van der Waals surface area contributed by atoms with E-state index in [1.54, 1.807) is 11.3 Å². The van der Waals surface area contributed by atoms with Gasteiger partial charge in [-0.05, 0) is 19.3 Å². The van der Waals surface area contributed by atoms with Crippen LogP contribution in [0.15, 0.2) is 10.4 Å². The zero-order chi connectivity index (χ0) is 18.1. The van der Waals surface area contributed by atoms with E-state index in [0.29, 0.717) is 5.92 Å². The minimum absolute atomic E-state index is 0. The molecule has 1 aliphatic heterocycles. The highest BCUT2D eigenvalue weighted by Crippen LogP contribution is 2.10. The van der Waals surface area contributed by atoms with Crippen LogP contribution in [0, 0.1) is 12.8 Å². The van der Waals surface area contributed by atoms with Gasteiger partial charge in [0.15, 0.2) is 5.96 Å². The lowest BCUT2D eigenvalue weighted by Crippen LogP contribution is -2.50. The second kappa shape index (κ2) is 12.9. The van der Waals surface area contributed by atoms with E-state index in [0.717, 1.165) is 63.8 Å². The number of aryl methyl sites for hydroxylation is 2. The number of thiazole rings is 1. The Hall–Kier alpha value is -0.450. The van der Waals surface area contributed by atoms with Gasteiger partial charge in [0.05, 0.1) is 17.7 Å². The maximum atomic E-state index is 5.88. The summed E-state index contributed by atoms with van der Waals surface area (Å²) in [5.74, 6) is 1.54. The molecule has 1 aromatic rings. The molecule has 0 radical (unpaired) electrons. The third-order valence-electron chi connectivity index (χ3n) is 4.09. The number of morpholine rings is 1. The van der Waals surface area contributed by atoms with Gasteiger partial charge in [0.1, 0.15) is 0 Å². The molecule has 0 saturated carbocycles. The number of aromatic nitrogens is 1. The molecule has 2 N–H and O–H groups in total. The molecular weight excluding hydrogens is 461 g/mol. The second-order valence-corrected chi connectivity index (χ2v) is 7.95. The highest BCUT2D eigenvalue weighted by Gasteiger charge is 2.20. The van der Waals surface area contributed by atoms with Crippen molar-refractivity contribution in [3.63, 3.8) is 0 Å². The van der Waals surface area contributed by atoms with Crippen molar-refractivity contribution in [1.29, 1.82) is 0 Å². The van der Waals surface area contributed by atoms with E-state index in [9.17, 15) is 0 Å². The summed E-state index contributed by atoms with van der Waals surface area (Å²) in [7, 11) is 1.81. The summed E-state index contributed by atoms with van der Waals surface area (Å²) in [6.07, 6.45) is 2.29. The van der Waals surface area contributed by atoms with Crippen LogP contribution in [0.25, 0.3) is 0 Å². The lowest BCUT2D eigenvalue weighted by Gasteiger charge is -2.34. The third kappa shape index (κ3) is 8.96. The summed E-state index contributed by atoms with van der Waals surface area (Å²) in [4.78, 5) is 11.3. The first-order valence-corrected chi connectivity index (χ1v) is 10.1. The molecule has 6 nitrogen and oxygen atoms in total. The summed E-state index contributed by atoms with van der Waals surface area (Å²) >= 11 is 1.74. The van der Waals surface area contributed by atoms with Crippen molar-refractivity contribution >= 4 is 41.3 Å². The molecule has 1 aliphatic rings. The first-order valence-electron chi connectivity index (χ1n) is 9.26. The average molecular weight is 495 g/mol. The van der Waals surface area contributed by atoms with Crippen molar-refractivity contribution in [2.24, 2.45) is 10.9 Å². The number of hydrogen-bond acceptors (Lipinski definition) is 5. The Labute approximate surface area is 179 Å². The van der Waals surface area contributed by atoms with Gasteiger partial charge in [-0.2, -0.15) is 0 Å². The summed E-state index contributed by atoms with van der Waals surface area (Å²) < 4.78 is 5.88. The first-order chi connectivity index (χ1) is 12.1. The molecule has 26 heavy (non-hydrogen) atoms. The van der Waals surface area contributed by atoms with Gasteiger partial charge in [-0.1, -0.05) is 13.8 Å². The van der Waals surface area contributed by atoms with E-state index >= 15 is 0 Å². The molecule has 0 spiro atoms. The molecule has 2 rings (SSSR count). The Bertz CT molecular complexity index is 537. The molecule has 2 heterocycles. The Morgan fingerprint density at radius 1 is 1.46 bits per heavy atom. The van der Waals surface area contributed by atoms with E-state index in [4.69, 9.17) is 4.74 Å². The maximum Gasteiger partial charge on any atom is 0.191 e. The van der Waals surface area contributed by atoms with Gasteiger partial charge in [-0.25, -0.2) is 4.98 Å². The topological polar surface area (TPSA) is 61.8 Å². The monoisotopic (exact) mass is 495 g/mol. The number of nitrogens with one attached hydrogen (secondary N) is 2. The SMILES string of the molecule is CN=C(NCCCc1nc(C)cs1)NCC1CN(CC(C)C)CCO1.I. The molecule has 1 saturated heterocycles. The van der Waals surface area contributed by atoms with Crippen molar-refractivity contribution < 1.29 is 4.74 Å². The van der Waals surface area contributed by atoms with Crippen LogP contribution in [-0.2, 0) is 11.2 Å². The zero-order valence-corrected chi connectivity index (χ0v) is 19.6. The summed E-state index contributed by atoms with van der Waals surface area (Å²) in [5, 5.41) is 10.1. The molecule has 1 unspecified atom stereocenters.